The molecule has 0 unspecified atom stereocenters. The largest absolute Gasteiger partial charge is 0.490 e. The average molecular weight is 741 g/mol. The molecular formula is C34H43F3N4O7S2. The Labute approximate surface area is 294 Å². The van der Waals surface area contributed by atoms with E-state index in [1.54, 1.807) is 36.6 Å². The Hall–Kier alpha value is -3.70. The smallest absolute Gasteiger partial charge is 0.416 e. The highest BCUT2D eigenvalue weighted by Crippen LogP contribution is 2.31. The lowest BCUT2D eigenvalue weighted by molar-refractivity contribution is -0.137. The number of urea groups is 1. The van der Waals surface area contributed by atoms with Crippen molar-refractivity contribution in [2.24, 2.45) is 5.92 Å². The number of amides is 3. The molecule has 0 aliphatic carbocycles. The number of ether oxygens (including phenoxy) is 2. The second kappa shape index (κ2) is 17.0. The van der Waals surface area contributed by atoms with Crippen LogP contribution in [0.25, 0.3) is 0 Å². The maximum Gasteiger partial charge on any atom is 0.416 e. The summed E-state index contributed by atoms with van der Waals surface area (Å²) >= 11 is 1.12. The minimum atomic E-state index is -4.52. The van der Waals surface area contributed by atoms with Gasteiger partial charge in [0.25, 0.3) is 15.9 Å². The van der Waals surface area contributed by atoms with E-state index in [1.165, 1.54) is 22.3 Å². The fraction of sp³-hybridized carbons (Fsp3) is 0.471. The highest BCUT2D eigenvalue weighted by Gasteiger charge is 2.33. The molecule has 0 spiro atoms. The first-order valence-corrected chi connectivity index (χ1v) is 18.5. The number of anilines is 2. The summed E-state index contributed by atoms with van der Waals surface area (Å²) in [6.07, 6.45) is -3.34. The van der Waals surface area contributed by atoms with E-state index in [4.69, 9.17) is 9.47 Å². The number of nitrogens with one attached hydrogen (secondary N) is 2. The molecule has 0 fully saturated rings. The lowest BCUT2D eigenvalue weighted by Gasteiger charge is -2.35. The summed E-state index contributed by atoms with van der Waals surface area (Å²) in [6, 6.07) is 10.3. The van der Waals surface area contributed by atoms with Gasteiger partial charge in [-0.25, -0.2) is 13.2 Å². The fourth-order valence-electron chi connectivity index (χ4n) is 5.41. The number of likely N-dealkylation sites (N-methyl/N-ethyl adjacent to an activating group) is 1. The number of carbonyl (C=O) groups excluding carboxylic acids is 2. The molecule has 1 aliphatic heterocycles. The maximum atomic E-state index is 14.3. The summed E-state index contributed by atoms with van der Waals surface area (Å²) in [5.74, 6) is -0.607. The van der Waals surface area contributed by atoms with Gasteiger partial charge in [-0.3, -0.25) is 4.79 Å². The average Bonchev–Trinajstić information content (AvgIpc) is 3.62. The van der Waals surface area contributed by atoms with Crippen molar-refractivity contribution >= 4 is 44.7 Å². The number of nitrogens with zero attached hydrogens (tertiary/aromatic N) is 2. The van der Waals surface area contributed by atoms with Crippen molar-refractivity contribution in [3.8, 4) is 5.75 Å². The predicted octanol–water partition coefficient (Wildman–Crippen LogP) is 6.53. The monoisotopic (exact) mass is 740 g/mol. The number of benzene rings is 2. The Morgan fingerprint density at radius 1 is 1.10 bits per heavy atom. The van der Waals surface area contributed by atoms with Gasteiger partial charge < -0.3 is 30.1 Å². The van der Waals surface area contributed by atoms with Crippen molar-refractivity contribution in [2.45, 2.75) is 68.7 Å². The minimum Gasteiger partial charge on any atom is -0.490 e. The van der Waals surface area contributed by atoms with Crippen LogP contribution in [0.4, 0.5) is 29.3 Å². The van der Waals surface area contributed by atoms with Crippen LogP contribution in [-0.4, -0.2) is 86.3 Å². The standard InChI is InChI=1S/C34H43F3N4O7S2/c1-22-19-41(23(2)21-42)32(43)28-18-27(39-33(44)38-26-12-10-25(11-13-26)34(35,36)37)14-15-29(28)48-24(3)8-5-6-16-47-30(22)20-40(4)50(45,46)31-9-7-17-49-31/h7,9-15,17-18,22-24,30,42H,5-6,8,16,19-21H2,1-4H3,(H2,38,39,44)/t22-,23+,24-,30-/m0/s1. The maximum absolute atomic E-state index is 14.3. The molecule has 2 heterocycles. The van der Waals surface area contributed by atoms with E-state index in [0.29, 0.717) is 19.4 Å². The number of thiophene rings is 1. The Morgan fingerprint density at radius 3 is 2.42 bits per heavy atom. The summed E-state index contributed by atoms with van der Waals surface area (Å²) in [5, 5.41) is 17.0. The van der Waals surface area contributed by atoms with Crippen LogP contribution in [0.3, 0.4) is 0 Å². The number of sulfonamides is 1. The van der Waals surface area contributed by atoms with E-state index < -0.39 is 45.8 Å². The fourth-order valence-corrected chi connectivity index (χ4v) is 7.80. The molecule has 3 amide bonds. The Balaban J connectivity index is 1.60. The number of halogens is 3. The normalized spacial score (nSPS) is 20.4. The zero-order valence-corrected chi connectivity index (χ0v) is 29.9. The van der Waals surface area contributed by atoms with Crippen LogP contribution in [0.2, 0.25) is 0 Å². The molecule has 2 aromatic carbocycles. The Kier molecular flexibility index (Phi) is 13.3. The number of alkyl halides is 3. The molecular weight excluding hydrogens is 698 g/mol. The van der Waals surface area contributed by atoms with Crippen LogP contribution in [0.1, 0.15) is 56.0 Å². The van der Waals surface area contributed by atoms with Crippen LogP contribution in [0, 0.1) is 5.92 Å². The van der Waals surface area contributed by atoms with E-state index in [1.807, 2.05) is 13.8 Å². The third kappa shape index (κ3) is 10.2. The molecule has 11 nitrogen and oxygen atoms in total. The first-order chi connectivity index (χ1) is 23.6. The van der Waals surface area contributed by atoms with Crippen molar-refractivity contribution in [1.82, 2.24) is 9.21 Å². The zero-order valence-electron chi connectivity index (χ0n) is 28.3. The predicted molar refractivity (Wildman–Crippen MR) is 185 cm³/mol. The molecule has 16 heteroatoms. The van der Waals surface area contributed by atoms with Gasteiger partial charge in [0.05, 0.1) is 36.0 Å². The van der Waals surface area contributed by atoms with Crippen LogP contribution in [-0.2, 0) is 20.9 Å². The summed E-state index contributed by atoms with van der Waals surface area (Å²) in [7, 11) is -2.27. The molecule has 274 valence electrons. The highest BCUT2D eigenvalue weighted by molar-refractivity contribution is 7.91. The molecule has 50 heavy (non-hydrogen) atoms. The number of hydrogen-bond donors (Lipinski definition) is 3. The molecule has 4 atom stereocenters. The van der Waals surface area contributed by atoms with E-state index >= 15 is 0 Å². The quantitative estimate of drug-likeness (QED) is 0.239. The topological polar surface area (TPSA) is 138 Å². The molecule has 0 saturated carbocycles. The second-order valence-electron chi connectivity index (χ2n) is 12.4. The van der Waals surface area contributed by atoms with E-state index in [-0.39, 0.29) is 58.6 Å². The summed E-state index contributed by atoms with van der Waals surface area (Å²) in [4.78, 5) is 28.6. The molecule has 3 aromatic rings. The summed E-state index contributed by atoms with van der Waals surface area (Å²) in [6.45, 7) is 5.55. The third-order valence-corrected chi connectivity index (χ3v) is 11.6. The number of hydrogen-bond acceptors (Lipinski definition) is 8. The lowest BCUT2D eigenvalue weighted by atomic mass is 10.0. The number of aliphatic hydroxyl groups is 1. The summed E-state index contributed by atoms with van der Waals surface area (Å²) < 4.78 is 79.2. The number of aliphatic hydroxyl groups excluding tert-OH is 1. The van der Waals surface area contributed by atoms with Crippen LogP contribution in [0.5, 0.6) is 5.75 Å². The number of fused-ring (bicyclic) bond motifs is 1. The van der Waals surface area contributed by atoms with E-state index in [9.17, 15) is 36.3 Å². The molecule has 0 saturated heterocycles. The number of rotatable bonds is 8. The first kappa shape index (κ1) is 39.1. The van der Waals surface area contributed by atoms with Gasteiger partial charge in [-0.15, -0.1) is 11.3 Å². The second-order valence-corrected chi connectivity index (χ2v) is 15.6. The van der Waals surface area contributed by atoms with Crippen molar-refractivity contribution in [2.75, 3.05) is 44.0 Å². The van der Waals surface area contributed by atoms with Gasteiger partial charge >= 0.3 is 12.2 Å². The van der Waals surface area contributed by atoms with E-state index in [2.05, 4.69) is 10.6 Å². The third-order valence-electron chi connectivity index (χ3n) is 8.38. The van der Waals surface area contributed by atoms with E-state index in [0.717, 1.165) is 42.0 Å². The molecule has 0 bridgehead atoms. The zero-order chi connectivity index (χ0) is 36.6. The van der Waals surface area contributed by atoms with Gasteiger partial charge in [0.2, 0.25) is 0 Å². The van der Waals surface area contributed by atoms with Crippen molar-refractivity contribution in [3.63, 3.8) is 0 Å². The van der Waals surface area contributed by atoms with Crippen molar-refractivity contribution in [3.05, 3.63) is 71.1 Å². The Bertz CT molecular complexity index is 1690. The van der Waals surface area contributed by atoms with Crippen molar-refractivity contribution in [1.29, 1.82) is 0 Å². The molecule has 4 rings (SSSR count). The van der Waals surface area contributed by atoms with Gasteiger partial charge in [-0.1, -0.05) is 13.0 Å². The van der Waals surface area contributed by atoms with Gasteiger partial charge in [0, 0.05) is 44.0 Å². The molecule has 1 aromatic heterocycles. The minimum absolute atomic E-state index is 0.0369. The van der Waals surface area contributed by atoms with Gasteiger partial charge in [0.15, 0.2) is 0 Å². The van der Waals surface area contributed by atoms with Gasteiger partial charge in [0.1, 0.15) is 9.96 Å². The van der Waals surface area contributed by atoms with Crippen LogP contribution < -0.4 is 15.4 Å². The molecule has 1 aliphatic rings. The SMILES string of the molecule is C[C@H](CO)N1C[C@H](C)[C@H](CN(C)S(=O)(=O)c2cccs2)OCCCC[C@H](C)Oc2ccc(NC(=O)Nc3ccc(C(F)(F)F)cc3)cc2C1=O. The van der Waals surface area contributed by atoms with Crippen LogP contribution >= 0.6 is 11.3 Å². The highest BCUT2D eigenvalue weighted by atomic mass is 32.2. The summed E-state index contributed by atoms with van der Waals surface area (Å²) in [5.41, 5.74) is -0.398. The first-order valence-electron chi connectivity index (χ1n) is 16.2. The molecule has 0 radical (unpaired) electrons. The molecule has 3 N–H and O–H groups in total. The van der Waals surface area contributed by atoms with Crippen LogP contribution in [0.15, 0.2) is 64.2 Å². The van der Waals surface area contributed by atoms with Gasteiger partial charge in [-0.05, 0) is 87.0 Å². The lowest BCUT2D eigenvalue weighted by Crippen LogP contribution is -2.48. The Morgan fingerprint density at radius 2 is 1.78 bits per heavy atom. The van der Waals surface area contributed by atoms with Crippen molar-refractivity contribution < 1.29 is 45.8 Å². The number of carbonyl (C=O) groups is 2. The van der Waals surface area contributed by atoms with Gasteiger partial charge in [-0.2, -0.15) is 17.5 Å².